The molecule has 7 nitrogen and oxygen atoms in total. The average molecular weight is 505 g/mol. The number of nitrogens with zero attached hydrogens (tertiary/aromatic N) is 3. The third-order valence-electron chi connectivity index (χ3n) is 7.95. The number of nitrogens with one attached hydrogen (secondary N) is 1. The fraction of sp³-hybridized carbons (Fsp3) is 0.500. The highest BCUT2D eigenvalue weighted by Crippen LogP contribution is 2.42. The summed E-state index contributed by atoms with van der Waals surface area (Å²) in [6, 6.07) is 10.7. The number of methoxy groups -OCH3 is 1. The van der Waals surface area contributed by atoms with E-state index in [0.29, 0.717) is 18.3 Å². The van der Waals surface area contributed by atoms with Crippen molar-refractivity contribution in [3.05, 3.63) is 58.4 Å². The molecule has 37 heavy (non-hydrogen) atoms. The van der Waals surface area contributed by atoms with E-state index in [9.17, 15) is 9.90 Å². The van der Waals surface area contributed by atoms with E-state index in [1.807, 2.05) is 13.0 Å². The van der Waals surface area contributed by atoms with E-state index in [1.165, 1.54) is 16.7 Å². The molecule has 198 valence electrons. The molecule has 1 aliphatic rings. The van der Waals surface area contributed by atoms with Crippen molar-refractivity contribution in [1.82, 2.24) is 14.9 Å². The minimum Gasteiger partial charge on any atom is -0.496 e. The maximum Gasteiger partial charge on any atom is 0.225 e. The van der Waals surface area contributed by atoms with Crippen molar-refractivity contribution in [1.29, 1.82) is 0 Å². The van der Waals surface area contributed by atoms with Crippen LogP contribution in [0.25, 0.3) is 10.9 Å². The van der Waals surface area contributed by atoms with Gasteiger partial charge in [0.2, 0.25) is 5.91 Å². The first-order valence-corrected chi connectivity index (χ1v) is 13.3. The minimum absolute atomic E-state index is 0.00808. The Bertz CT molecular complexity index is 1270. The Morgan fingerprint density at radius 1 is 1.16 bits per heavy atom. The van der Waals surface area contributed by atoms with Crippen molar-refractivity contribution in [3.63, 3.8) is 0 Å². The van der Waals surface area contributed by atoms with Gasteiger partial charge in [0.15, 0.2) is 0 Å². The van der Waals surface area contributed by atoms with E-state index in [-0.39, 0.29) is 24.5 Å². The Hall–Kier alpha value is -3.19. The number of likely N-dealkylation sites (N-methyl/N-ethyl adjacent to an activating group) is 1. The zero-order chi connectivity index (χ0) is 26.7. The number of ether oxygens (including phenoxy) is 1. The molecule has 1 atom stereocenters. The van der Waals surface area contributed by atoms with Gasteiger partial charge in [-0.25, -0.2) is 9.97 Å². The molecule has 3 aromatic rings. The van der Waals surface area contributed by atoms with Gasteiger partial charge >= 0.3 is 0 Å². The summed E-state index contributed by atoms with van der Waals surface area (Å²) in [7, 11) is 3.48. The first kappa shape index (κ1) is 26.9. The standard InChI is InChI=1S/C30H40N4O3/c1-18-8-7-9-24(19(18)2)20(3)31-29-26-16-25(28(37-6)17-27(26)32-21(4)33-29)22-10-12-23(13-11-22)30(36)34(5)14-15-35/h7-9,16-17,20,22-23,35H,10-15H2,1-6H3,(H,31,32,33)/t20-,22?,23?/m1/s1. The summed E-state index contributed by atoms with van der Waals surface area (Å²) in [5, 5.41) is 13.8. The highest BCUT2D eigenvalue weighted by atomic mass is 16.5. The molecule has 1 fully saturated rings. The van der Waals surface area contributed by atoms with Gasteiger partial charge in [0.1, 0.15) is 17.4 Å². The Labute approximate surface area is 220 Å². The molecule has 1 amide bonds. The van der Waals surface area contributed by atoms with Crippen LogP contribution in [0.5, 0.6) is 5.75 Å². The largest absolute Gasteiger partial charge is 0.496 e. The molecular formula is C30H40N4O3. The number of anilines is 1. The summed E-state index contributed by atoms with van der Waals surface area (Å²) in [4.78, 5) is 23.9. The van der Waals surface area contributed by atoms with Crippen LogP contribution in [-0.4, -0.2) is 53.2 Å². The summed E-state index contributed by atoms with van der Waals surface area (Å²) in [6.45, 7) is 8.76. The summed E-state index contributed by atoms with van der Waals surface area (Å²) < 4.78 is 5.83. The second kappa shape index (κ2) is 11.5. The van der Waals surface area contributed by atoms with Crippen LogP contribution in [0.15, 0.2) is 30.3 Å². The lowest BCUT2D eigenvalue weighted by molar-refractivity contribution is -0.135. The van der Waals surface area contributed by atoms with Crippen molar-refractivity contribution in [2.45, 2.75) is 65.3 Å². The summed E-state index contributed by atoms with van der Waals surface area (Å²) in [6.07, 6.45) is 3.50. The molecular weight excluding hydrogens is 464 g/mol. The number of aliphatic hydroxyl groups excluding tert-OH is 1. The Balaban J connectivity index is 1.63. The van der Waals surface area contributed by atoms with Gasteiger partial charge in [-0.05, 0) is 87.6 Å². The van der Waals surface area contributed by atoms with E-state index < -0.39 is 0 Å². The van der Waals surface area contributed by atoms with Crippen molar-refractivity contribution < 1.29 is 14.6 Å². The van der Waals surface area contributed by atoms with Gasteiger partial charge in [-0.1, -0.05) is 18.2 Å². The highest BCUT2D eigenvalue weighted by molar-refractivity contribution is 5.91. The van der Waals surface area contributed by atoms with Gasteiger partial charge in [0.25, 0.3) is 0 Å². The number of amides is 1. The Morgan fingerprint density at radius 2 is 1.89 bits per heavy atom. The average Bonchev–Trinajstić information content (AvgIpc) is 2.89. The molecule has 1 heterocycles. The second-order valence-corrected chi connectivity index (χ2v) is 10.4. The van der Waals surface area contributed by atoms with E-state index in [2.05, 4.69) is 50.4 Å². The Kier molecular flexibility index (Phi) is 8.32. The fourth-order valence-electron chi connectivity index (χ4n) is 5.64. The molecule has 0 bridgehead atoms. The number of aromatic nitrogens is 2. The number of fused-ring (bicyclic) bond motifs is 1. The number of aryl methyl sites for hydroxylation is 2. The lowest BCUT2D eigenvalue weighted by atomic mass is 9.77. The van der Waals surface area contributed by atoms with Crippen LogP contribution in [0.4, 0.5) is 5.82 Å². The first-order chi connectivity index (χ1) is 17.7. The zero-order valence-corrected chi connectivity index (χ0v) is 23.0. The van der Waals surface area contributed by atoms with Crippen LogP contribution in [0, 0.1) is 26.7 Å². The first-order valence-electron chi connectivity index (χ1n) is 13.3. The molecule has 0 unspecified atom stereocenters. The molecule has 1 aromatic heterocycles. The third-order valence-corrected chi connectivity index (χ3v) is 7.95. The van der Waals surface area contributed by atoms with Crippen molar-refractivity contribution in [3.8, 4) is 5.75 Å². The molecule has 0 spiro atoms. The minimum atomic E-state index is -0.00808. The lowest BCUT2D eigenvalue weighted by Gasteiger charge is -2.31. The van der Waals surface area contributed by atoms with Gasteiger partial charge in [-0.2, -0.15) is 0 Å². The molecule has 2 N–H and O–H groups in total. The SMILES string of the molecule is COc1cc2nc(C)nc(N[C@H](C)c3cccc(C)c3C)c2cc1C1CCC(C(=O)N(C)CCO)CC1. The van der Waals surface area contributed by atoms with Gasteiger partial charge in [0.05, 0.1) is 25.3 Å². The van der Waals surface area contributed by atoms with E-state index >= 15 is 0 Å². The van der Waals surface area contributed by atoms with Crippen LogP contribution in [-0.2, 0) is 4.79 Å². The summed E-state index contributed by atoms with van der Waals surface area (Å²) >= 11 is 0. The second-order valence-electron chi connectivity index (χ2n) is 10.4. The number of carbonyl (C=O) groups excluding carboxylic acids is 1. The van der Waals surface area contributed by atoms with Crippen LogP contribution in [0.1, 0.15) is 72.6 Å². The predicted octanol–water partition coefficient (Wildman–Crippen LogP) is 5.46. The lowest BCUT2D eigenvalue weighted by Crippen LogP contribution is -2.36. The molecule has 2 aromatic carbocycles. The number of hydrogen-bond donors (Lipinski definition) is 2. The molecule has 1 saturated carbocycles. The number of rotatable bonds is 8. The summed E-state index contributed by atoms with van der Waals surface area (Å²) in [5.41, 5.74) is 5.83. The third kappa shape index (κ3) is 5.72. The molecule has 7 heteroatoms. The zero-order valence-electron chi connectivity index (χ0n) is 23.0. The van der Waals surface area contributed by atoms with Crippen LogP contribution >= 0.6 is 0 Å². The molecule has 0 aliphatic heterocycles. The number of hydrogen-bond acceptors (Lipinski definition) is 6. The van der Waals surface area contributed by atoms with Crippen molar-refractivity contribution >= 4 is 22.6 Å². The maximum absolute atomic E-state index is 12.7. The van der Waals surface area contributed by atoms with Gasteiger partial charge in [0, 0.05) is 31.0 Å². The molecule has 1 aliphatic carbocycles. The Morgan fingerprint density at radius 3 is 2.57 bits per heavy atom. The van der Waals surface area contributed by atoms with Gasteiger partial charge in [-0.3, -0.25) is 4.79 Å². The predicted molar refractivity (Wildman–Crippen MR) is 148 cm³/mol. The number of aliphatic hydroxyl groups is 1. The normalized spacial score (nSPS) is 18.5. The topological polar surface area (TPSA) is 87.6 Å². The van der Waals surface area contributed by atoms with Gasteiger partial charge < -0.3 is 20.1 Å². The van der Waals surface area contributed by atoms with Crippen LogP contribution in [0.2, 0.25) is 0 Å². The molecule has 0 radical (unpaired) electrons. The summed E-state index contributed by atoms with van der Waals surface area (Å²) in [5.74, 6) is 2.83. The highest BCUT2D eigenvalue weighted by Gasteiger charge is 2.30. The van der Waals surface area contributed by atoms with E-state index in [0.717, 1.165) is 53.7 Å². The quantitative estimate of drug-likeness (QED) is 0.424. The van der Waals surface area contributed by atoms with Crippen molar-refractivity contribution in [2.24, 2.45) is 5.92 Å². The van der Waals surface area contributed by atoms with E-state index in [1.54, 1.807) is 19.1 Å². The smallest absolute Gasteiger partial charge is 0.225 e. The maximum atomic E-state index is 12.7. The van der Waals surface area contributed by atoms with E-state index in [4.69, 9.17) is 14.7 Å². The molecule has 0 saturated heterocycles. The number of benzene rings is 2. The fourth-order valence-corrected chi connectivity index (χ4v) is 5.64. The number of carbonyl (C=O) groups is 1. The molecule has 4 rings (SSSR count). The van der Waals surface area contributed by atoms with Crippen molar-refractivity contribution in [2.75, 3.05) is 32.6 Å². The van der Waals surface area contributed by atoms with Crippen LogP contribution < -0.4 is 10.1 Å². The van der Waals surface area contributed by atoms with Gasteiger partial charge in [-0.15, -0.1) is 0 Å². The monoisotopic (exact) mass is 504 g/mol. The van der Waals surface area contributed by atoms with Crippen LogP contribution in [0.3, 0.4) is 0 Å².